The number of methoxy groups -OCH3 is 1. The maximum absolute atomic E-state index is 14.6. The number of amides is 1. The molecule has 3 aromatic rings. The minimum atomic E-state index is -0.875. The van der Waals surface area contributed by atoms with Crippen molar-refractivity contribution in [3.8, 4) is 0 Å². The molecule has 1 amide bonds. The lowest BCUT2D eigenvalue weighted by molar-refractivity contribution is -0.129. The molecule has 4 aliphatic rings. The summed E-state index contributed by atoms with van der Waals surface area (Å²) in [6.45, 7) is 4.88. The van der Waals surface area contributed by atoms with Gasteiger partial charge in [0.1, 0.15) is 5.54 Å². The van der Waals surface area contributed by atoms with Crippen molar-refractivity contribution in [1.29, 1.82) is 0 Å². The van der Waals surface area contributed by atoms with Gasteiger partial charge in [-0.25, -0.2) is 4.79 Å². The number of fused-ring (bicyclic) bond motifs is 5. The number of likely N-dealkylation sites (tertiary alicyclic amines) is 1. The van der Waals surface area contributed by atoms with E-state index in [4.69, 9.17) is 33.0 Å². The number of hydrogen-bond donors (Lipinski definition) is 1. The van der Waals surface area contributed by atoms with Crippen LogP contribution in [-0.2, 0) is 16.0 Å². The molecule has 2 unspecified atom stereocenters. The number of aromatic nitrogens is 2. The Morgan fingerprint density at radius 3 is 2.67 bits per heavy atom. The van der Waals surface area contributed by atoms with Crippen LogP contribution >= 0.6 is 23.2 Å². The van der Waals surface area contributed by atoms with Crippen LogP contribution in [0.25, 0.3) is 10.9 Å². The Morgan fingerprint density at radius 1 is 1.17 bits per heavy atom. The molecular formula is C33H34Cl2N4O3. The van der Waals surface area contributed by atoms with E-state index in [0.29, 0.717) is 22.2 Å². The number of rotatable bonds is 6. The molecule has 3 heterocycles. The van der Waals surface area contributed by atoms with Crippen molar-refractivity contribution in [2.45, 2.75) is 57.2 Å². The number of aryl methyl sites for hydroxylation is 2. The molecule has 0 radical (unpaired) electrons. The van der Waals surface area contributed by atoms with E-state index < -0.39 is 5.54 Å². The monoisotopic (exact) mass is 604 g/mol. The Bertz CT molecular complexity index is 1670. The van der Waals surface area contributed by atoms with Gasteiger partial charge in [0, 0.05) is 51.2 Å². The van der Waals surface area contributed by atoms with Crippen LogP contribution in [0.1, 0.15) is 53.8 Å². The van der Waals surface area contributed by atoms with Crippen LogP contribution < -0.4 is 5.32 Å². The number of carbonyl (C=O) groups is 2. The summed E-state index contributed by atoms with van der Waals surface area (Å²) in [5.41, 5.74) is 3.08. The molecule has 2 aliphatic heterocycles. The second kappa shape index (κ2) is 10.2. The van der Waals surface area contributed by atoms with Gasteiger partial charge in [-0.3, -0.25) is 14.4 Å². The van der Waals surface area contributed by atoms with E-state index in [0.717, 1.165) is 46.6 Å². The zero-order valence-corrected chi connectivity index (χ0v) is 25.5. The van der Waals surface area contributed by atoms with Gasteiger partial charge in [0.2, 0.25) is 5.91 Å². The fraction of sp³-hybridized carbons (Fsp3) is 0.424. The van der Waals surface area contributed by atoms with Gasteiger partial charge in [0.05, 0.1) is 24.2 Å². The van der Waals surface area contributed by atoms with Crippen molar-refractivity contribution in [2.75, 3.05) is 19.0 Å². The fourth-order valence-corrected chi connectivity index (χ4v) is 8.20. The van der Waals surface area contributed by atoms with E-state index >= 15 is 0 Å². The molecule has 1 saturated carbocycles. The topological polar surface area (TPSA) is 76.5 Å². The Morgan fingerprint density at radius 2 is 1.98 bits per heavy atom. The Labute approximate surface area is 255 Å². The van der Waals surface area contributed by atoms with E-state index in [9.17, 15) is 9.59 Å². The second-order valence-electron chi connectivity index (χ2n) is 12.3. The lowest BCUT2D eigenvalue weighted by Crippen LogP contribution is -2.57. The van der Waals surface area contributed by atoms with Crippen LogP contribution in [0.15, 0.2) is 59.7 Å². The van der Waals surface area contributed by atoms with Crippen molar-refractivity contribution in [2.24, 2.45) is 17.8 Å². The average molecular weight is 606 g/mol. The van der Waals surface area contributed by atoms with Gasteiger partial charge in [-0.15, -0.1) is 0 Å². The van der Waals surface area contributed by atoms with Gasteiger partial charge >= 0.3 is 5.97 Å². The summed E-state index contributed by atoms with van der Waals surface area (Å²) in [6, 6.07) is 11.2. The number of hydrogen-bond acceptors (Lipinski definition) is 5. The van der Waals surface area contributed by atoms with Crippen LogP contribution in [0.4, 0.5) is 5.69 Å². The molecule has 7 rings (SSSR count). The number of ether oxygens (including phenoxy) is 1. The number of esters is 1. The zero-order valence-electron chi connectivity index (χ0n) is 23.9. The number of nitrogens with one attached hydrogen (secondary N) is 1. The van der Waals surface area contributed by atoms with Crippen LogP contribution in [0.2, 0.25) is 5.02 Å². The number of halogens is 2. The van der Waals surface area contributed by atoms with Gasteiger partial charge in [0.15, 0.2) is 0 Å². The molecule has 2 aromatic carbocycles. The van der Waals surface area contributed by atoms with E-state index in [1.165, 1.54) is 20.0 Å². The highest BCUT2D eigenvalue weighted by Gasteiger charge is 2.64. The molecule has 2 aliphatic carbocycles. The van der Waals surface area contributed by atoms with Gasteiger partial charge in [-0.1, -0.05) is 47.5 Å². The first kappa shape index (κ1) is 27.7. The molecule has 9 heteroatoms. The lowest BCUT2D eigenvalue weighted by Gasteiger charge is -2.41. The molecule has 2 fully saturated rings. The largest absolute Gasteiger partial charge is 0.465 e. The summed E-state index contributed by atoms with van der Waals surface area (Å²) in [5.74, 6) is -0.168. The highest BCUT2D eigenvalue weighted by Crippen LogP contribution is 2.57. The quantitative estimate of drug-likeness (QED) is 0.317. The first-order chi connectivity index (χ1) is 20.2. The third-order valence-electron chi connectivity index (χ3n) is 9.97. The summed E-state index contributed by atoms with van der Waals surface area (Å²) in [7, 11) is 1.40. The van der Waals surface area contributed by atoms with Gasteiger partial charge in [0.25, 0.3) is 0 Å². The Kier molecular flexibility index (Phi) is 6.76. The molecule has 0 bridgehead atoms. The predicted octanol–water partition coefficient (Wildman–Crippen LogP) is 6.69. The highest BCUT2D eigenvalue weighted by atomic mass is 35.5. The molecule has 5 atom stereocenters. The number of allylic oxidation sites excluding steroid dienone is 4. The van der Waals surface area contributed by atoms with Gasteiger partial charge in [-0.05, 0) is 81.4 Å². The zero-order chi connectivity index (χ0) is 29.3. The van der Waals surface area contributed by atoms with Crippen molar-refractivity contribution in [1.82, 2.24) is 14.7 Å². The Balaban J connectivity index is 1.39. The smallest absolute Gasteiger partial charge is 0.338 e. The van der Waals surface area contributed by atoms with Crippen molar-refractivity contribution < 1.29 is 14.3 Å². The highest BCUT2D eigenvalue weighted by molar-refractivity contribution is 6.31. The van der Waals surface area contributed by atoms with E-state index in [1.54, 1.807) is 12.1 Å². The SMILES string of the molecule is COC(=O)c1ccc2c3n(nc2c1C)[C@H]1C(C2C=CC=C2Cl)[C@](C)(C(=O)Nc2cccc(Cl)c2)N(CC2CC2)[C@H]1CC3. The second-order valence-corrected chi connectivity index (χ2v) is 13.2. The van der Waals surface area contributed by atoms with E-state index in [-0.39, 0.29) is 35.8 Å². The van der Waals surface area contributed by atoms with Gasteiger partial charge in [-0.2, -0.15) is 5.10 Å². The van der Waals surface area contributed by atoms with E-state index in [1.807, 2.05) is 43.3 Å². The van der Waals surface area contributed by atoms with Crippen LogP contribution in [0, 0.1) is 24.7 Å². The van der Waals surface area contributed by atoms with E-state index in [2.05, 4.69) is 27.9 Å². The van der Waals surface area contributed by atoms with Crippen LogP contribution in [0.3, 0.4) is 0 Å². The molecule has 7 nitrogen and oxygen atoms in total. The first-order valence-corrected chi connectivity index (χ1v) is 15.4. The number of benzene rings is 2. The summed E-state index contributed by atoms with van der Waals surface area (Å²) >= 11 is 13.2. The molecule has 1 saturated heterocycles. The van der Waals surface area contributed by atoms with Crippen LogP contribution in [-0.4, -0.2) is 51.8 Å². The fourth-order valence-electron chi connectivity index (χ4n) is 7.73. The van der Waals surface area contributed by atoms with Crippen molar-refractivity contribution >= 4 is 51.7 Å². The Hall–Kier alpha value is -3.13. The molecule has 0 spiro atoms. The molecule has 1 aromatic heterocycles. The minimum Gasteiger partial charge on any atom is -0.465 e. The van der Waals surface area contributed by atoms with Crippen molar-refractivity contribution in [3.05, 3.63) is 81.5 Å². The number of nitrogens with zero attached hydrogens (tertiary/aromatic N) is 3. The van der Waals surface area contributed by atoms with Crippen molar-refractivity contribution in [3.63, 3.8) is 0 Å². The number of anilines is 1. The first-order valence-electron chi connectivity index (χ1n) is 14.7. The third-order valence-corrected chi connectivity index (χ3v) is 10.6. The summed E-state index contributed by atoms with van der Waals surface area (Å²) in [6.07, 6.45) is 10.2. The number of carbonyl (C=O) groups excluding carboxylic acids is 2. The summed E-state index contributed by atoms with van der Waals surface area (Å²) < 4.78 is 7.21. The normalized spacial score (nSPS) is 28.5. The molecule has 42 heavy (non-hydrogen) atoms. The maximum atomic E-state index is 14.6. The van der Waals surface area contributed by atoms with Crippen LogP contribution in [0.5, 0.6) is 0 Å². The summed E-state index contributed by atoms with van der Waals surface area (Å²) in [5, 5.41) is 10.8. The minimum absolute atomic E-state index is 0.0583. The maximum Gasteiger partial charge on any atom is 0.338 e. The lowest BCUT2D eigenvalue weighted by atomic mass is 9.73. The van der Waals surface area contributed by atoms with Gasteiger partial charge < -0.3 is 10.1 Å². The molecule has 1 N–H and O–H groups in total. The third kappa shape index (κ3) is 4.23. The average Bonchev–Trinajstić information content (AvgIpc) is 3.48. The summed E-state index contributed by atoms with van der Waals surface area (Å²) in [4.78, 5) is 29.6. The predicted molar refractivity (Wildman–Crippen MR) is 165 cm³/mol. The molecular weight excluding hydrogens is 571 g/mol. The standard InChI is InChI=1S/C33H34Cl2N4O3/c1-18-22(31(40)42-3)12-13-24-26-14-15-27-30(39(26)37-29(18)24)28(23-8-5-9-25(23)35)33(2,38(27)17-19-10-11-19)32(41)36-21-7-4-6-20(34)16-21/h4-9,12-13,16,19,23,27-28,30H,10-11,14-15,17H2,1-3H3,(H,36,41)/t23?,27-,28?,30+,33+/m0/s1. The molecule has 218 valence electrons.